The zero-order valence-corrected chi connectivity index (χ0v) is 12.1. The lowest BCUT2D eigenvalue weighted by Gasteiger charge is -2.10. The second kappa shape index (κ2) is 5.78. The van der Waals surface area contributed by atoms with Crippen molar-refractivity contribution in [3.05, 3.63) is 59.5 Å². The van der Waals surface area contributed by atoms with Crippen LogP contribution in [-0.4, -0.2) is 17.1 Å². The molecule has 110 valence electrons. The van der Waals surface area contributed by atoms with E-state index in [1.807, 2.05) is 22.8 Å². The highest BCUT2D eigenvalue weighted by atomic mass is 16.5. The van der Waals surface area contributed by atoms with E-state index < -0.39 is 5.97 Å². The van der Waals surface area contributed by atoms with Crippen LogP contribution in [0.4, 0.5) is 0 Å². The van der Waals surface area contributed by atoms with Crippen LogP contribution in [-0.2, 0) is 11.3 Å². The van der Waals surface area contributed by atoms with Crippen LogP contribution in [0.25, 0.3) is 11.1 Å². The minimum atomic E-state index is -0.400. The Morgan fingerprint density at radius 3 is 2.95 bits per heavy atom. The maximum atomic E-state index is 12.1. The van der Waals surface area contributed by atoms with E-state index in [1.165, 1.54) is 0 Å². The van der Waals surface area contributed by atoms with Gasteiger partial charge in [0.25, 0.3) is 0 Å². The molecule has 5 nitrogen and oxygen atoms in total. The molecule has 0 unspecified atom stereocenters. The molecule has 2 aromatic heterocycles. The van der Waals surface area contributed by atoms with Crippen LogP contribution >= 0.6 is 0 Å². The second-order valence-electron chi connectivity index (χ2n) is 4.78. The van der Waals surface area contributed by atoms with E-state index in [1.54, 1.807) is 31.4 Å². The summed E-state index contributed by atoms with van der Waals surface area (Å²) in [6, 6.07) is 13.0. The van der Waals surface area contributed by atoms with Crippen molar-refractivity contribution in [1.82, 2.24) is 4.57 Å². The maximum absolute atomic E-state index is 12.1. The summed E-state index contributed by atoms with van der Waals surface area (Å²) in [4.78, 5) is 12.1. The number of furan rings is 1. The monoisotopic (exact) mass is 294 g/mol. The zero-order chi connectivity index (χ0) is 15.5. The van der Waals surface area contributed by atoms with Crippen LogP contribution in [0.2, 0.25) is 0 Å². The molecule has 0 N–H and O–H groups in total. The highest BCUT2D eigenvalue weighted by Crippen LogP contribution is 2.24. The lowest BCUT2D eigenvalue weighted by Crippen LogP contribution is -2.13. The van der Waals surface area contributed by atoms with Crippen LogP contribution in [0.1, 0.15) is 28.5 Å². The van der Waals surface area contributed by atoms with Crippen molar-refractivity contribution in [3.63, 3.8) is 0 Å². The Morgan fingerprint density at radius 1 is 1.36 bits per heavy atom. The summed E-state index contributed by atoms with van der Waals surface area (Å²) in [5, 5.41) is 9.21. The first-order valence-electron chi connectivity index (χ1n) is 6.96. The molecule has 5 heteroatoms. The Morgan fingerprint density at radius 2 is 2.18 bits per heavy atom. The Hall–Kier alpha value is -3.00. The summed E-state index contributed by atoms with van der Waals surface area (Å²) in [7, 11) is 0. The number of esters is 1. The smallest absolute Gasteiger partial charge is 0.355 e. The number of nitrogens with zero attached hydrogens (tertiary/aromatic N) is 2. The van der Waals surface area contributed by atoms with Crippen molar-refractivity contribution in [2.24, 2.45) is 0 Å². The standard InChI is InChI=1S/C17H14N2O3/c1-2-21-17(20)15-9-16-14(7-8-22-16)19(15)11-13-6-4-3-5-12(13)10-18/h3-9H,2,11H2,1H3. The van der Waals surface area contributed by atoms with E-state index in [2.05, 4.69) is 6.07 Å². The SMILES string of the molecule is CCOC(=O)c1cc2occc2n1Cc1ccccc1C#N. The zero-order valence-electron chi connectivity index (χ0n) is 12.1. The van der Waals surface area contributed by atoms with Gasteiger partial charge in [0, 0.05) is 18.7 Å². The molecular formula is C17H14N2O3. The number of benzene rings is 1. The molecule has 3 rings (SSSR count). The third-order valence-corrected chi connectivity index (χ3v) is 3.47. The molecular weight excluding hydrogens is 280 g/mol. The molecule has 0 aliphatic heterocycles. The Bertz CT molecular complexity index is 868. The number of hydrogen-bond acceptors (Lipinski definition) is 4. The molecule has 22 heavy (non-hydrogen) atoms. The molecule has 0 spiro atoms. The predicted octanol–water partition coefficient (Wildman–Crippen LogP) is 3.33. The fraction of sp³-hybridized carbons (Fsp3) is 0.176. The van der Waals surface area contributed by atoms with Crippen LogP contribution in [0.15, 0.2) is 47.1 Å². The fourth-order valence-electron chi connectivity index (χ4n) is 2.46. The summed E-state index contributed by atoms with van der Waals surface area (Å²) >= 11 is 0. The molecule has 0 radical (unpaired) electrons. The van der Waals surface area contributed by atoms with Crippen molar-refractivity contribution in [2.45, 2.75) is 13.5 Å². The van der Waals surface area contributed by atoms with Gasteiger partial charge in [-0.25, -0.2) is 4.79 Å². The van der Waals surface area contributed by atoms with Crippen molar-refractivity contribution >= 4 is 17.1 Å². The lowest BCUT2D eigenvalue weighted by atomic mass is 10.1. The van der Waals surface area contributed by atoms with E-state index in [4.69, 9.17) is 9.15 Å². The Kier molecular flexibility index (Phi) is 3.67. The van der Waals surface area contributed by atoms with Crippen molar-refractivity contribution in [2.75, 3.05) is 6.61 Å². The third kappa shape index (κ3) is 2.35. The Labute approximate surface area is 127 Å². The molecule has 0 saturated heterocycles. The largest absolute Gasteiger partial charge is 0.463 e. The summed E-state index contributed by atoms with van der Waals surface area (Å²) in [6.07, 6.45) is 1.58. The molecule has 0 atom stereocenters. The summed E-state index contributed by atoms with van der Waals surface area (Å²) in [5.74, 6) is -0.400. The number of carbonyl (C=O) groups excluding carboxylic acids is 1. The first-order chi connectivity index (χ1) is 10.7. The molecule has 0 amide bonds. The van der Waals surface area contributed by atoms with E-state index in [0.717, 1.165) is 11.1 Å². The van der Waals surface area contributed by atoms with Gasteiger partial charge in [-0.05, 0) is 18.6 Å². The van der Waals surface area contributed by atoms with Gasteiger partial charge in [0.15, 0.2) is 5.58 Å². The lowest BCUT2D eigenvalue weighted by molar-refractivity contribution is 0.0515. The molecule has 2 heterocycles. The van der Waals surface area contributed by atoms with Crippen LogP contribution in [0, 0.1) is 11.3 Å². The first kappa shape index (κ1) is 14.0. The van der Waals surface area contributed by atoms with Crippen molar-refractivity contribution < 1.29 is 13.9 Å². The van der Waals surface area contributed by atoms with E-state index in [9.17, 15) is 10.1 Å². The predicted molar refractivity (Wildman–Crippen MR) is 80.4 cm³/mol. The van der Waals surface area contributed by atoms with Gasteiger partial charge in [-0.3, -0.25) is 0 Å². The summed E-state index contributed by atoms with van der Waals surface area (Å²) in [6.45, 7) is 2.47. The number of aromatic nitrogens is 1. The van der Waals surface area contributed by atoms with E-state index in [0.29, 0.717) is 30.0 Å². The number of nitriles is 1. The number of carbonyl (C=O) groups is 1. The highest BCUT2D eigenvalue weighted by Gasteiger charge is 2.19. The minimum Gasteiger partial charge on any atom is -0.463 e. The first-order valence-corrected chi connectivity index (χ1v) is 6.96. The fourth-order valence-corrected chi connectivity index (χ4v) is 2.46. The van der Waals surface area contributed by atoms with Gasteiger partial charge in [0.1, 0.15) is 5.69 Å². The van der Waals surface area contributed by atoms with E-state index >= 15 is 0 Å². The van der Waals surface area contributed by atoms with Crippen molar-refractivity contribution in [1.29, 1.82) is 5.26 Å². The number of ether oxygens (including phenoxy) is 1. The quantitative estimate of drug-likeness (QED) is 0.692. The van der Waals surface area contributed by atoms with Gasteiger partial charge in [-0.15, -0.1) is 0 Å². The average Bonchev–Trinajstić information content (AvgIpc) is 3.10. The van der Waals surface area contributed by atoms with Crippen molar-refractivity contribution in [3.8, 4) is 6.07 Å². The average molecular weight is 294 g/mol. The van der Waals surface area contributed by atoms with Gasteiger partial charge >= 0.3 is 5.97 Å². The molecule has 0 aliphatic rings. The maximum Gasteiger partial charge on any atom is 0.355 e. The number of hydrogen-bond donors (Lipinski definition) is 0. The Balaban J connectivity index is 2.09. The molecule has 0 fully saturated rings. The minimum absolute atomic E-state index is 0.306. The number of fused-ring (bicyclic) bond motifs is 1. The van der Waals surface area contributed by atoms with Gasteiger partial charge in [0.05, 0.1) is 30.0 Å². The molecule has 0 saturated carbocycles. The molecule has 1 aromatic carbocycles. The van der Waals surface area contributed by atoms with Crippen LogP contribution in [0.3, 0.4) is 0 Å². The van der Waals surface area contributed by atoms with Gasteiger partial charge in [0.2, 0.25) is 0 Å². The van der Waals surface area contributed by atoms with Gasteiger partial charge < -0.3 is 13.7 Å². The normalized spacial score (nSPS) is 10.5. The summed E-state index contributed by atoms with van der Waals surface area (Å²) in [5.41, 5.74) is 3.27. The number of rotatable bonds is 4. The van der Waals surface area contributed by atoms with Crippen LogP contribution in [0.5, 0.6) is 0 Å². The highest BCUT2D eigenvalue weighted by molar-refractivity contribution is 5.94. The van der Waals surface area contributed by atoms with Gasteiger partial charge in [-0.1, -0.05) is 18.2 Å². The third-order valence-electron chi connectivity index (χ3n) is 3.47. The van der Waals surface area contributed by atoms with Crippen LogP contribution < -0.4 is 0 Å². The molecule has 0 aliphatic carbocycles. The molecule has 3 aromatic rings. The topological polar surface area (TPSA) is 68.2 Å². The van der Waals surface area contributed by atoms with E-state index in [-0.39, 0.29) is 0 Å². The summed E-state index contributed by atoms with van der Waals surface area (Å²) < 4.78 is 12.3. The second-order valence-corrected chi connectivity index (χ2v) is 4.78. The molecule has 0 bridgehead atoms. The van der Waals surface area contributed by atoms with Gasteiger partial charge in [-0.2, -0.15) is 5.26 Å².